The van der Waals surface area contributed by atoms with Gasteiger partial charge in [-0.15, -0.1) is 10.2 Å². The summed E-state index contributed by atoms with van der Waals surface area (Å²) < 4.78 is 33.7. The lowest BCUT2D eigenvalue weighted by atomic mass is 10.2. The van der Waals surface area contributed by atoms with Crippen molar-refractivity contribution in [1.29, 1.82) is 0 Å². The van der Waals surface area contributed by atoms with Crippen LogP contribution >= 0.6 is 11.8 Å². The molecule has 100 valence electrons. The normalized spacial score (nSPS) is 30.9. The van der Waals surface area contributed by atoms with Crippen molar-refractivity contribution in [3.8, 4) is 0 Å². The second kappa shape index (κ2) is 4.82. The van der Waals surface area contributed by atoms with Crippen LogP contribution in [0.25, 0.3) is 0 Å². The Morgan fingerprint density at radius 1 is 1.28 bits per heavy atom. The zero-order chi connectivity index (χ0) is 12.6. The third kappa shape index (κ3) is 2.70. The average Bonchev–Trinajstić information content (AvgIpc) is 2.99. The van der Waals surface area contributed by atoms with Crippen molar-refractivity contribution in [1.82, 2.24) is 10.2 Å². The van der Waals surface area contributed by atoms with E-state index in [1.165, 1.54) is 11.8 Å². The molecule has 3 rings (SSSR count). The average molecular weight is 290 g/mol. The fourth-order valence-electron chi connectivity index (χ4n) is 2.17. The Labute approximate surface area is 109 Å². The quantitative estimate of drug-likeness (QED) is 0.827. The predicted octanol–water partition coefficient (Wildman–Crippen LogP) is 1.20. The topological polar surface area (TPSA) is 82.3 Å². The second-order valence-corrected chi connectivity index (χ2v) is 8.03. The van der Waals surface area contributed by atoms with E-state index < -0.39 is 9.84 Å². The second-order valence-electron chi connectivity index (χ2n) is 4.55. The highest BCUT2D eigenvalue weighted by Crippen LogP contribution is 2.33. The lowest BCUT2D eigenvalue weighted by Crippen LogP contribution is -2.05. The van der Waals surface area contributed by atoms with E-state index in [4.69, 9.17) is 9.15 Å². The van der Waals surface area contributed by atoms with Gasteiger partial charge in [0.25, 0.3) is 5.22 Å². The number of hydrogen-bond acceptors (Lipinski definition) is 7. The lowest BCUT2D eigenvalue weighted by Gasteiger charge is -2.03. The minimum atomic E-state index is -2.86. The van der Waals surface area contributed by atoms with Crippen LogP contribution in [0.15, 0.2) is 9.64 Å². The molecule has 8 heteroatoms. The van der Waals surface area contributed by atoms with Crippen LogP contribution in [-0.4, -0.2) is 42.0 Å². The minimum Gasteiger partial charge on any atom is -0.413 e. The molecule has 0 aliphatic carbocycles. The van der Waals surface area contributed by atoms with Gasteiger partial charge in [-0.3, -0.25) is 0 Å². The van der Waals surface area contributed by atoms with Gasteiger partial charge in [0.1, 0.15) is 6.10 Å². The Morgan fingerprint density at radius 3 is 2.83 bits per heavy atom. The van der Waals surface area contributed by atoms with Crippen LogP contribution < -0.4 is 0 Å². The van der Waals surface area contributed by atoms with E-state index in [-0.39, 0.29) is 22.9 Å². The maximum atomic E-state index is 11.3. The summed E-state index contributed by atoms with van der Waals surface area (Å²) in [5.41, 5.74) is 0. The van der Waals surface area contributed by atoms with Gasteiger partial charge in [-0.1, -0.05) is 11.8 Å². The van der Waals surface area contributed by atoms with Crippen LogP contribution in [-0.2, 0) is 14.6 Å². The molecular weight excluding hydrogens is 276 g/mol. The number of sulfone groups is 1. The van der Waals surface area contributed by atoms with E-state index in [9.17, 15) is 8.42 Å². The number of aromatic nitrogens is 2. The van der Waals surface area contributed by atoms with Gasteiger partial charge in [0.05, 0.1) is 11.5 Å². The van der Waals surface area contributed by atoms with Crippen molar-refractivity contribution in [2.45, 2.75) is 35.8 Å². The Kier molecular flexibility index (Phi) is 3.33. The van der Waals surface area contributed by atoms with Gasteiger partial charge in [-0.2, -0.15) is 0 Å². The lowest BCUT2D eigenvalue weighted by molar-refractivity contribution is 0.0861. The molecule has 2 saturated heterocycles. The smallest absolute Gasteiger partial charge is 0.276 e. The summed E-state index contributed by atoms with van der Waals surface area (Å²) in [5.74, 6) is 0.975. The Morgan fingerprint density at radius 2 is 2.17 bits per heavy atom. The van der Waals surface area contributed by atoms with Crippen molar-refractivity contribution in [2.24, 2.45) is 0 Å². The Hall–Kier alpha value is -0.600. The highest BCUT2D eigenvalue weighted by molar-refractivity contribution is 8.01. The van der Waals surface area contributed by atoms with Gasteiger partial charge in [0.15, 0.2) is 9.84 Å². The first-order valence-electron chi connectivity index (χ1n) is 5.94. The van der Waals surface area contributed by atoms with Crippen LogP contribution in [0.2, 0.25) is 0 Å². The first-order valence-corrected chi connectivity index (χ1v) is 8.64. The molecule has 0 saturated carbocycles. The van der Waals surface area contributed by atoms with Crippen molar-refractivity contribution >= 4 is 21.6 Å². The largest absolute Gasteiger partial charge is 0.413 e. The molecule has 0 amide bonds. The van der Waals surface area contributed by atoms with E-state index >= 15 is 0 Å². The van der Waals surface area contributed by atoms with Gasteiger partial charge in [0, 0.05) is 11.9 Å². The summed E-state index contributed by atoms with van der Waals surface area (Å²) in [6.45, 7) is 0.733. The summed E-state index contributed by atoms with van der Waals surface area (Å²) in [6.07, 6.45) is 2.49. The highest BCUT2D eigenvalue weighted by atomic mass is 32.2. The molecule has 0 spiro atoms. The van der Waals surface area contributed by atoms with Crippen LogP contribution in [0.1, 0.15) is 31.3 Å². The van der Waals surface area contributed by atoms with E-state index in [1.807, 2.05) is 0 Å². The summed E-state index contributed by atoms with van der Waals surface area (Å²) in [6, 6.07) is 0. The number of ether oxygens (including phenoxy) is 1. The molecule has 1 aromatic heterocycles. The van der Waals surface area contributed by atoms with E-state index in [0.717, 1.165) is 19.4 Å². The summed E-state index contributed by atoms with van der Waals surface area (Å²) in [7, 11) is -2.86. The fourth-order valence-corrected chi connectivity index (χ4v) is 5.50. The molecule has 6 nitrogen and oxygen atoms in total. The minimum absolute atomic E-state index is 0.0350. The van der Waals surface area contributed by atoms with Crippen molar-refractivity contribution < 1.29 is 17.6 Å². The fraction of sp³-hybridized carbons (Fsp3) is 0.800. The number of thioether (sulfide) groups is 1. The molecule has 2 aliphatic rings. The molecule has 0 unspecified atom stereocenters. The maximum Gasteiger partial charge on any atom is 0.276 e. The molecule has 2 atom stereocenters. The van der Waals surface area contributed by atoms with E-state index in [2.05, 4.69) is 10.2 Å². The number of rotatable bonds is 3. The SMILES string of the molecule is O=S1(=O)CC[C@@H](Sc2nnc([C@H]3CCCO3)o2)C1. The third-order valence-electron chi connectivity index (χ3n) is 3.09. The molecule has 1 aromatic rings. The molecule has 0 radical (unpaired) electrons. The van der Waals surface area contributed by atoms with Crippen LogP contribution in [0.4, 0.5) is 0 Å². The van der Waals surface area contributed by atoms with Gasteiger partial charge in [0.2, 0.25) is 5.89 Å². The maximum absolute atomic E-state index is 11.3. The van der Waals surface area contributed by atoms with Gasteiger partial charge < -0.3 is 9.15 Å². The third-order valence-corrected chi connectivity index (χ3v) is 6.17. The number of hydrogen-bond donors (Lipinski definition) is 0. The molecule has 0 N–H and O–H groups in total. The van der Waals surface area contributed by atoms with Crippen molar-refractivity contribution in [3.63, 3.8) is 0 Å². The van der Waals surface area contributed by atoms with Crippen LogP contribution in [0.3, 0.4) is 0 Å². The molecule has 0 bridgehead atoms. The summed E-state index contributed by atoms with van der Waals surface area (Å²) in [4.78, 5) is 0. The van der Waals surface area contributed by atoms with Crippen molar-refractivity contribution in [2.75, 3.05) is 18.1 Å². The van der Waals surface area contributed by atoms with Crippen LogP contribution in [0, 0.1) is 0 Å². The molecular formula is C10H14N2O4S2. The number of nitrogens with zero attached hydrogens (tertiary/aromatic N) is 2. The first-order chi connectivity index (χ1) is 8.62. The first kappa shape index (κ1) is 12.4. The van der Waals surface area contributed by atoms with E-state index in [0.29, 0.717) is 17.5 Å². The molecule has 0 aromatic carbocycles. The van der Waals surface area contributed by atoms with Gasteiger partial charge in [-0.25, -0.2) is 8.42 Å². The van der Waals surface area contributed by atoms with Crippen LogP contribution in [0.5, 0.6) is 0 Å². The zero-order valence-electron chi connectivity index (χ0n) is 9.74. The molecule has 18 heavy (non-hydrogen) atoms. The van der Waals surface area contributed by atoms with Gasteiger partial charge >= 0.3 is 0 Å². The predicted molar refractivity (Wildman–Crippen MR) is 65.1 cm³/mol. The summed E-state index contributed by atoms with van der Waals surface area (Å²) >= 11 is 1.36. The van der Waals surface area contributed by atoms with Gasteiger partial charge in [-0.05, 0) is 19.3 Å². The zero-order valence-corrected chi connectivity index (χ0v) is 11.4. The summed E-state index contributed by atoms with van der Waals surface area (Å²) in [5, 5.41) is 8.39. The Balaban J connectivity index is 1.63. The molecule has 2 aliphatic heterocycles. The Bertz CT molecular complexity index is 522. The van der Waals surface area contributed by atoms with Crippen molar-refractivity contribution in [3.05, 3.63) is 5.89 Å². The van der Waals surface area contributed by atoms with E-state index in [1.54, 1.807) is 0 Å². The monoisotopic (exact) mass is 290 g/mol. The highest BCUT2D eigenvalue weighted by Gasteiger charge is 2.31. The standard InChI is InChI=1S/C10H14N2O4S2/c13-18(14)5-3-7(6-18)17-10-12-11-9(16-10)8-2-1-4-15-8/h7-8H,1-6H2/t7-,8-/m1/s1. The molecule has 2 fully saturated rings. The molecule has 3 heterocycles.